The lowest BCUT2D eigenvalue weighted by molar-refractivity contribution is 0.193. The molecule has 1 aromatic rings. The van der Waals surface area contributed by atoms with Crippen LogP contribution in [0, 0.1) is 0 Å². The zero-order valence-electron chi connectivity index (χ0n) is 11.5. The van der Waals surface area contributed by atoms with E-state index in [4.69, 9.17) is 22.7 Å². The van der Waals surface area contributed by atoms with Crippen molar-refractivity contribution in [2.24, 2.45) is 5.73 Å². The van der Waals surface area contributed by atoms with Gasteiger partial charge in [0.25, 0.3) is 0 Å². The fraction of sp³-hybridized carbons (Fsp3) is 0.462. The van der Waals surface area contributed by atoms with Gasteiger partial charge in [0.15, 0.2) is 0 Å². The van der Waals surface area contributed by atoms with Gasteiger partial charge in [0.05, 0.1) is 9.88 Å². The van der Waals surface area contributed by atoms with Crippen molar-refractivity contribution in [2.45, 2.75) is 24.2 Å². The maximum atomic E-state index is 12.0. The second kappa shape index (κ2) is 8.31. The van der Waals surface area contributed by atoms with Crippen molar-refractivity contribution in [1.82, 2.24) is 4.72 Å². The zero-order valence-corrected chi connectivity index (χ0v) is 13.1. The van der Waals surface area contributed by atoms with Crippen molar-refractivity contribution in [2.75, 3.05) is 20.3 Å². The molecule has 0 aliphatic carbocycles. The predicted octanol–water partition coefficient (Wildman–Crippen LogP) is 1.22. The minimum Gasteiger partial charge on any atom is -0.393 e. The molecule has 0 atom stereocenters. The molecule has 0 saturated heterocycles. The maximum Gasteiger partial charge on any atom is 0.240 e. The Morgan fingerprint density at radius 1 is 1.30 bits per heavy atom. The highest BCUT2D eigenvalue weighted by Crippen LogP contribution is 2.11. The highest BCUT2D eigenvalue weighted by Gasteiger charge is 2.12. The van der Waals surface area contributed by atoms with Crippen molar-refractivity contribution < 1.29 is 13.2 Å². The Hall–Kier alpha value is -1.02. The van der Waals surface area contributed by atoms with E-state index in [1.165, 1.54) is 0 Å². The normalized spacial score (nSPS) is 11.4. The second-order valence-electron chi connectivity index (χ2n) is 4.38. The molecule has 112 valence electrons. The third kappa shape index (κ3) is 5.96. The molecular formula is C13H20N2O3S2. The number of unbranched alkanes of at least 4 members (excludes halogenated alkanes) is 1. The van der Waals surface area contributed by atoms with Crippen molar-refractivity contribution in [3.05, 3.63) is 29.8 Å². The second-order valence-corrected chi connectivity index (χ2v) is 6.68. The summed E-state index contributed by atoms with van der Waals surface area (Å²) in [6.07, 6.45) is 2.04. The third-order valence-corrected chi connectivity index (χ3v) is 4.30. The predicted molar refractivity (Wildman–Crippen MR) is 83.2 cm³/mol. The van der Waals surface area contributed by atoms with Crippen LogP contribution in [0.3, 0.4) is 0 Å². The van der Waals surface area contributed by atoms with Crippen molar-refractivity contribution in [3.8, 4) is 0 Å². The molecule has 0 aromatic heterocycles. The number of hydrogen-bond donors (Lipinski definition) is 2. The van der Waals surface area contributed by atoms with Gasteiger partial charge in [0, 0.05) is 26.7 Å². The average molecular weight is 316 g/mol. The molecule has 1 rings (SSSR count). The van der Waals surface area contributed by atoms with Crippen LogP contribution < -0.4 is 10.5 Å². The van der Waals surface area contributed by atoms with Crippen LogP contribution in [0.25, 0.3) is 0 Å². The van der Waals surface area contributed by atoms with E-state index in [-0.39, 0.29) is 4.90 Å². The minimum atomic E-state index is -3.45. The fourth-order valence-corrected chi connectivity index (χ4v) is 2.89. The molecule has 0 saturated carbocycles. The lowest BCUT2D eigenvalue weighted by atomic mass is 10.1. The number of thiocarbonyl (C=S) groups is 1. The number of methoxy groups -OCH3 is 1. The van der Waals surface area contributed by atoms with Gasteiger partial charge in [-0.1, -0.05) is 24.4 Å². The highest BCUT2D eigenvalue weighted by molar-refractivity contribution is 7.89. The summed E-state index contributed by atoms with van der Waals surface area (Å²) < 4.78 is 31.5. The quantitative estimate of drug-likeness (QED) is 0.529. The van der Waals surface area contributed by atoms with Crippen LogP contribution >= 0.6 is 12.2 Å². The lowest BCUT2D eigenvalue weighted by Crippen LogP contribution is -2.25. The van der Waals surface area contributed by atoms with E-state index in [0.717, 1.165) is 18.4 Å². The molecule has 0 heterocycles. The van der Waals surface area contributed by atoms with E-state index in [1.807, 2.05) is 0 Å². The summed E-state index contributed by atoms with van der Waals surface area (Å²) >= 11 is 4.81. The summed E-state index contributed by atoms with van der Waals surface area (Å²) in [5.41, 5.74) is 6.34. The van der Waals surface area contributed by atoms with Gasteiger partial charge in [-0.2, -0.15) is 0 Å². The van der Waals surface area contributed by atoms with E-state index < -0.39 is 10.0 Å². The summed E-state index contributed by atoms with van der Waals surface area (Å²) in [5, 5.41) is 0. The third-order valence-electron chi connectivity index (χ3n) is 2.68. The molecule has 1 aromatic carbocycles. The molecule has 0 unspecified atom stereocenters. The van der Waals surface area contributed by atoms with Gasteiger partial charge in [-0.25, -0.2) is 13.1 Å². The van der Waals surface area contributed by atoms with Gasteiger partial charge in [-0.15, -0.1) is 0 Å². The number of nitrogens with one attached hydrogen (secondary N) is 1. The minimum absolute atomic E-state index is 0.246. The first-order chi connectivity index (χ1) is 9.45. The first-order valence-electron chi connectivity index (χ1n) is 6.31. The van der Waals surface area contributed by atoms with E-state index in [2.05, 4.69) is 4.72 Å². The standard InChI is InChI=1S/C13H20N2O3S2/c1-18-9-3-2-8-15-20(16,17)12-6-4-11(5-7-12)10-13(14)19/h4-7,15H,2-3,8-10H2,1H3,(H2,14,19). The van der Waals surface area contributed by atoms with Crippen LogP contribution in [-0.2, 0) is 21.2 Å². The summed E-state index contributed by atoms with van der Waals surface area (Å²) in [4.78, 5) is 0.632. The van der Waals surface area contributed by atoms with Gasteiger partial charge >= 0.3 is 0 Å². The largest absolute Gasteiger partial charge is 0.393 e. The van der Waals surface area contributed by atoms with E-state index in [9.17, 15) is 8.42 Å². The molecule has 3 N–H and O–H groups in total. The van der Waals surface area contributed by atoms with Crippen LogP contribution in [0.2, 0.25) is 0 Å². The smallest absolute Gasteiger partial charge is 0.240 e. The summed E-state index contributed by atoms with van der Waals surface area (Å²) in [7, 11) is -1.82. The topological polar surface area (TPSA) is 81.4 Å². The molecule has 0 radical (unpaired) electrons. The average Bonchev–Trinajstić information content (AvgIpc) is 2.38. The molecule has 0 spiro atoms. The highest BCUT2D eigenvalue weighted by atomic mass is 32.2. The van der Waals surface area contributed by atoms with Crippen LogP contribution in [0.4, 0.5) is 0 Å². The Morgan fingerprint density at radius 2 is 1.95 bits per heavy atom. The van der Waals surface area contributed by atoms with E-state index in [1.54, 1.807) is 31.4 Å². The Morgan fingerprint density at radius 3 is 2.50 bits per heavy atom. The van der Waals surface area contributed by atoms with Gasteiger partial charge in [0.1, 0.15) is 0 Å². The van der Waals surface area contributed by atoms with Crippen molar-refractivity contribution in [1.29, 1.82) is 0 Å². The molecule has 0 aliphatic rings. The fourth-order valence-electron chi connectivity index (χ4n) is 1.65. The lowest BCUT2D eigenvalue weighted by Gasteiger charge is -2.07. The zero-order chi connectivity index (χ0) is 15.0. The molecule has 0 aliphatic heterocycles. The number of benzene rings is 1. The molecule has 0 amide bonds. The van der Waals surface area contributed by atoms with Crippen molar-refractivity contribution >= 4 is 27.2 Å². The maximum absolute atomic E-state index is 12.0. The molecule has 20 heavy (non-hydrogen) atoms. The molecule has 0 fully saturated rings. The number of nitrogens with two attached hydrogens (primary N) is 1. The molecule has 0 bridgehead atoms. The SMILES string of the molecule is COCCCCNS(=O)(=O)c1ccc(CC(N)=S)cc1. The Labute approximate surface area is 125 Å². The first-order valence-corrected chi connectivity index (χ1v) is 8.20. The summed E-state index contributed by atoms with van der Waals surface area (Å²) in [5.74, 6) is 0. The number of hydrogen-bond acceptors (Lipinski definition) is 4. The molecule has 7 heteroatoms. The summed E-state index contributed by atoms with van der Waals surface area (Å²) in [6.45, 7) is 1.04. The Bertz CT molecular complexity index is 527. The van der Waals surface area contributed by atoms with E-state index in [0.29, 0.717) is 24.6 Å². The van der Waals surface area contributed by atoms with Gasteiger partial charge < -0.3 is 10.5 Å². The number of ether oxygens (including phenoxy) is 1. The number of rotatable bonds is 9. The van der Waals surface area contributed by atoms with Gasteiger partial charge in [0.2, 0.25) is 10.0 Å². The summed E-state index contributed by atoms with van der Waals surface area (Å²) in [6, 6.07) is 6.56. The monoisotopic (exact) mass is 316 g/mol. The molecule has 5 nitrogen and oxygen atoms in total. The Balaban J connectivity index is 2.56. The van der Waals surface area contributed by atoms with Crippen LogP contribution in [0.1, 0.15) is 18.4 Å². The van der Waals surface area contributed by atoms with Gasteiger partial charge in [-0.3, -0.25) is 0 Å². The Kier molecular flexibility index (Phi) is 7.08. The van der Waals surface area contributed by atoms with Gasteiger partial charge in [-0.05, 0) is 30.5 Å². The van der Waals surface area contributed by atoms with Crippen LogP contribution in [-0.4, -0.2) is 33.7 Å². The van der Waals surface area contributed by atoms with E-state index >= 15 is 0 Å². The first kappa shape index (κ1) is 17.0. The van der Waals surface area contributed by atoms with Crippen LogP contribution in [0.15, 0.2) is 29.2 Å². The molecular weight excluding hydrogens is 296 g/mol. The number of sulfonamides is 1. The van der Waals surface area contributed by atoms with Crippen LogP contribution in [0.5, 0.6) is 0 Å². The van der Waals surface area contributed by atoms with Crippen molar-refractivity contribution in [3.63, 3.8) is 0 Å².